The molecule has 0 aliphatic carbocycles. The largest absolute Gasteiger partial charge is 0.379 e. The zero-order chi connectivity index (χ0) is 24.8. The molecule has 34 heavy (non-hydrogen) atoms. The number of nitrogens with one attached hydrogen (secondary N) is 2. The van der Waals surface area contributed by atoms with Crippen molar-refractivity contribution in [1.29, 1.82) is 0 Å². The number of benzene rings is 1. The number of sulfonamides is 1. The standard InChI is InChI=1S/C23H37N5O5S/c1-23(2,3)25-22(30)18-27-10-4-9-26(11-12-27)17-21(29)24-19-5-7-20(8-6-19)34(31,32)28-13-15-33-16-14-28/h5-8H,4,9-18H2,1-3H3,(H,24,29)(H,25,30). The number of ether oxygens (including phenoxy) is 1. The summed E-state index contributed by atoms with van der Waals surface area (Å²) >= 11 is 0. The minimum Gasteiger partial charge on any atom is -0.379 e. The van der Waals surface area contributed by atoms with Crippen LogP contribution in [0.4, 0.5) is 5.69 Å². The van der Waals surface area contributed by atoms with Gasteiger partial charge in [-0.1, -0.05) is 0 Å². The SMILES string of the molecule is CC(C)(C)NC(=O)CN1CCCN(CC(=O)Nc2ccc(S(=O)(=O)N3CCOCC3)cc2)CC1. The van der Waals surface area contributed by atoms with Crippen LogP contribution in [-0.2, 0) is 24.3 Å². The third kappa shape index (κ3) is 8.02. The maximum Gasteiger partial charge on any atom is 0.243 e. The number of hydrogen-bond acceptors (Lipinski definition) is 7. The highest BCUT2D eigenvalue weighted by molar-refractivity contribution is 7.89. The second kappa shape index (κ2) is 11.6. The van der Waals surface area contributed by atoms with Gasteiger partial charge in [-0.05, 0) is 64.5 Å². The van der Waals surface area contributed by atoms with Gasteiger partial charge < -0.3 is 15.4 Å². The molecular formula is C23H37N5O5S. The molecule has 1 aromatic rings. The maximum absolute atomic E-state index is 12.7. The van der Waals surface area contributed by atoms with E-state index in [0.717, 1.165) is 26.1 Å². The van der Waals surface area contributed by atoms with Gasteiger partial charge in [0.05, 0.1) is 31.2 Å². The number of amides is 2. The van der Waals surface area contributed by atoms with Gasteiger partial charge in [-0.25, -0.2) is 8.42 Å². The summed E-state index contributed by atoms with van der Waals surface area (Å²) in [5.74, 6) is -0.138. The highest BCUT2D eigenvalue weighted by atomic mass is 32.2. The first-order valence-electron chi connectivity index (χ1n) is 11.8. The zero-order valence-electron chi connectivity index (χ0n) is 20.4. The first kappa shape index (κ1) is 26.6. The third-order valence-corrected chi connectivity index (χ3v) is 7.59. The molecule has 0 saturated carbocycles. The van der Waals surface area contributed by atoms with Crippen LogP contribution in [-0.4, -0.2) is 105 Å². The summed E-state index contributed by atoms with van der Waals surface area (Å²) in [5.41, 5.74) is 0.305. The number of carbonyl (C=O) groups is 2. The van der Waals surface area contributed by atoms with E-state index in [9.17, 15) is 18.0 Å². The number of morpholine rings is 1. The number of carbonyl (C=O) groups excluding carboxylic acids is 2. The van der Waals surface area contributed by atoms with Crippen LogP contribution >= 0.6 is 0 Å². The van der Waals surface area contributed by atoms with Crippen molar-refractivity contribution in [1.82, 2.24) is 19.4 Å². The van der Waals surface area contributed by atoms with Crippen molar-refractivity contribution in [2.75, 3.05) is 70.9 Å². The van der Waals surface area contributed by atoms with E-state index in [1.54, 1.807) is 12.1 Å². The molecule has 3 rings (SSSR count). The highest BCUT2D eigenvalue weighted by Gasteiger charge is 2.26. The van der Waals surface area contributed by atoms with Gasteiger partial charge in [-0.15, -0.1) is 0 Å². The quantitative estimate of drug-likeness (QED) is 0.569. The Morgan fingerprint density at radius 3 is 2.00 bits per heavy atom. The monoisotopic (exact) mass is 495 g/mol. The first-order valence-corrected chi connectivity index (χ1v) is 13.2. The van der Waals surface area contributed by atoms with Crippen LogP contribution in [0.2, 0.25) is 0 Å². The lowest BCUT2D eigenvalue weighted by Crippen LogP contribution is -2.46. The Balaban J connectivity index is 1.47. The summed E-state index contributed by atoms with van der Waals surface area (Å²) in [4.78, 5) is 29.2. The first-order chi connectivity index (χ1) is 16.0. The van der Waals surface area contributed by atoms with E-state index in [4.69, 9.17) is 4.74 Å². The summed E-state index contributed by atoms with van der Waals surface area (Å²) in [5, 5.41) is 5.84. The molecule has 0 bridgehead atoms. The fourth-order valence-electron chi connectivity index (χ4n) is 4.05. The Morgan fingerprint density at radius 1 is 0.882 bits per heavy atom. The van der Waals surface area contributed by atoms with Crippen LogP contribution in [0.25, 0.3) is 0 Å². The van der Waals surface area contributed by atoms with Crippen LogP contribution in [0.1, 0.15) is 27.2 Å². The number of rotatable bonds is 7. The Morgan fingerprint density at radius 2 is 1.44 bits per heavy atom. The average Bonchev–Trinajstić information content (AvgIpc) is 2.98. The van der Waals surface area contributed by atoms with Crippen LogP contribution < -0.4 is 10.6 Å². The molecule has 2 N–H and O–H groups in total. The summed E-state index contributed by atoms with van der Waals surface area (Å²) in [6, 6.07) is 6.27. The van der Waals surface area contributed by atoms with Crippen molar-refractivity contribution in [2.24, 2.45) is 0 Å². The average molecular weight is 496 g/mol. The van der Waals surface area contributed by atoms with E-state index in [1.807, 2.05) is 20.8 Å². The van der Waals surface area contributed by atoms with E-state index in [2.05, 4.69) is 20.4 Å². The normalized spacial score (nSPS) is 19.4. The molecule has 0 atom stereocenters. The number of anilines is 1. The van der Waals surface area contributed by atoms with Crippen molar-refractivity contribution in [3.8, 4) is 0 Å². The molecule has 2 amide bonds. The lowest BCUT2D eigenvalue weighted by atomic mass is 10.1. The second-order valence-electron chi connectivity index (χ2n) is 9.79. The van der Waals surface area contributed by atoms with Crippen LogP contribution in [0, 0.1) is 0 Å². The molecule has 2 aliphatic rings. The fraction of sp³-hybridized carbons (Fsp3) is 0.652. The summed E-state index contributed by atoms with van der Waals surface area (Å²) in [6.07, 6.45) is 0.879. The molecule has 190 valence electrons. The van der Waals surface area contributed by atoms with Crippen molar-refractivity contribution < 1.29 is 22.7 Å². The van der Waals surface area contributed by atoms with Crippen molar-refractivity contribution in [3.05, 3.63) is 24.3 Å². The van der Waals surface area contributed by atoms with Gasteiger partial charge >= 0.3 is 0 Å². The zero-order valence-corrected chi connectivity index (χ0v) is 21.2. The molecule has 1 aromatic carbocycles. The fourth-order valence-corrected chi connectivity index (χ4v) is 5.46. The second-order valence-corrected chi connectivity index (χ2v) is 11.7. The third-order valence-electron chi connectivity index (χ3n) is 5.68. The molecular weight excluding hydrogens is 458 g/mol. The Hall–Kier alpha value is -2.05. The van der Waals surface area contributed by atoms with Gasteiger partial charge in [0.1, 0.15) is 0 Å². The summed E-state index contributed by atoms with van der Waals surface area (Å²) in [7, 11) is -3.56. The lowest BCUT2D eigenvalue weighted by molar-refractivity contribution is -0.123. The Bertz CT molecular complexity index is 939. The maximum atomic E-state index is 12.7. The molecule has 0 spiro atoms. The van der Waals surface area contributed by atoms with Gasteiger partial charge in [-0.2, -0.15) is 4.31 Å². The van der Waals surface area contributed by atoms with Crippen molar-refractivity contribution in [2.45, 2.75) is 37.6 Å². The molecule has 2 aliphatic heterocycles. The molecule has 0 unspecified atom stereocenters. The van der Waals surface area contributed by atoms with E-state index < -0.39 is 10.0 Å². The minimum atomic E-state index is -3.56. The predicted octanol–water partition coefficient (Wildman–Crippen LogP) is 0.568. The van der Waals surface area contributed by atoms with Crippen LogP contribution in [0.15, 0.2) is 29.2 Å². The summed E-state index contributed by atoms with van der Waals surface area (Å²) in [6.45, 7) is 11.0. The highest BCUT2D eigenvalue weighted by Crippen LogP contribution is 2.19. The number of hydrogen-bond donors (Lipinski definition) is 2. The predicted molar refractivity (Wildman–Crippen MR) is 130 cm³/mol. The van der Waals surface area contributed by atoms with E-state index in [1.165, 1.54) is 16.4 Å². The molecule has 0 aromatic heterocycles. The van der Waals surface area contributed by atoms with Crippen molar-refractivity contribution in [3.63, 3.8) is 0 Å². The molecule has 11 heteroatoms. The Kier molecular flexibility index (Phi) is 9.05. The minimum absolute atomic E-state index is 0.0118. The van der Waals surface area contributed by atoms with Crippen molar-refractivity contribution >= 4 is 27.5 Å². The van der Waals surface area contributed by atoms with E-state index in [0.29, 0.717) is 45.1 Å². The van der Waals surface area contributed by atoms with E-state index >= 15 is 0 Å². The smallest absolute Gasteiger partial charge is 0.243 e. The van der Waals surface area contributed by atoms with Gasteiger partial charge in [0.2, 0.25) is 21.8 Å². The van der Waals surface area contributed by atoms with E-state index in [-0.39, 0.29) is 28.8 Å². The van der Waals surface area contributed by atoms with Gasteiger partial charge in [0.25, 0.3) is 0 Å². The molecule has 2 saturated heterocycles. The van der Waals surface area contributed by atoms with Crippen LogP contribution in [0.5, 0.6) is 0 Å². The van der Waals surface area contributed by atoms with Crippen LogP contribution in [0.3, 0.4) is 0 Å². The summed E-state index contributed by atoms with van der Waals surface area (Å²) < 4.78 is 32.1. The molecule has 2 fully saturated rings. The molecule has 0 radical (unpaired) electrons. The lowest BCUT2D eigenvalue weighted by Gasteiger charge is -2.26. The molecule has 10 nitrogen and oxygen atoms in total. The van der Waals surface area contributed by atoms with Gasteiger partial charge in [0, 0.05) is 37.4 Å². The van der Waals surface area contributed by atoms with Gasteiger partial charge in [-0.3, -0.25) is 19.4 Å². The molecule has 2 heterocycles. The van der Waals surface area contributed by atoms with Gasteiger partial charge in [0.15, 0.2) is 0 Å². The number of nitrogens with zero attached hydrogens (tertiary/aromatic N) is 3. The topological polar surface area (TPSA) is 111 Å². The Labute approximate surface area is 202 Å².